The molecule has 1 aromatic rings. The normalized spacial score (nSPS) is 18.6. The highest BCUT2D eigenvalue weighted by atomic mass is 16.5. The van der Waals surface area contributed by atoms with Gasteiger partial charge < -0.3 is 15.4 Å². The molecule has 0 aliphatic carbocycles. The topological polar surface area (TPSA) is 50.4 Å². The first kappa shape index (κ1) is 14.9. The van der Waals surface area contributed by atoms with Gasteiger partial charge in [0.05, 0.1) is 11.7 Å². The van der Waals surface area contributed by atoms with Gasteiger partial charge in [-0.15, -0.1) is 0 Å². The van der Waals surface area contributed by atoms with Crippen LogP contribution in [0.15, 0.2) is 18.2 Å². The fraction of sp³-hybridized carbons (Fsp3) is 0.562. The molecule has 0 aromatic heterocycles. The van der Waals surface area contributed by atoms with Crippen molar-refractivity contribution in [3.8, 4) is 0 Å². The summed E-state index contributed by atoms with van der Waals surface area (Å²) in [4.78, 5) is 12.3. The van der Waals surface area contributed by atoms with E-state index in [1.54, 1.807) is 0 Å². The quantitative estimate of drug-likeness (QED) is 0.869. The highest BCUT2D eigenvalue weighted by Crippen LogP contribution is 2.18. The third-order valence-corrected chi connectivity index (χ3v) is 3.55. The summed E-state index contributed by atoms with van der Waals surface area (Å²) in [6.07, 6.45) is 3.52. The van der Waals surface area contributed by atoms with Crippen molar-refractivity contribution in [3.63, 3.8) is 0 Å². The Bertz CT molecular complexity index is 454. The summed E-state index contributed by atoms with van der Waals surface area (Å²) >= 11 is 0. The molecule has 1 amide bonds. The van der Waals surface area contributed by atoms with Gasteiger partial charge in [0.2, 0.25) is 0 Å². The Balaban J connectivity index is 1.97. The molecule has 1 aliphatic rings. The summed E-state index contributed by atoms with van der Waals surface area (Å²) in [5, 5.41) is 6.23. The fourth-order valence-electron chi connectivity index (χ4n) is 2.46. The molecule has 110 valence electrons. The molecule has 0 radical (unpaired) electrons. The van der Waals surface area contributed by atoms with Gasteiger partial charge >= 0.3 is 0 Å². The van der Waals surface area contributed by atoms with Crippen molar-refractivity contribution < 1.29 is 9.53 Å². The molecule has 0 spiro atoms. The smallest absolute Gasteiger partial charge is 0.253 e. The van der Waals surface area contributed by atoms with Gasteiger partial charge in [-0.1, -0.05) is 6.07 Å². The average molecular weight is 276 g/mol. The first-order valence-electron chi connectivity index (χ1n) is 7.45. The maximum absolute atomic E-state index is 12.3. The molecule has 20 heavy (non-hydrogen) atoms. The Hall–Kier alpha value is -1.55. The van der Waals surface area contributed by atoms with Crippen LogP contribution in [-0.2, 0) is 4.74 Å². The molecular formula is C16H24N2O2. The minimum absolute atomic E-state index is 0.0323. The Morgan fingerprint density at radius 2 is 2.25 bits per heavy atom. The van der Waals surface area contributed by atoms with E-state index in [2.05, 4.69) is 10.6 Å². The monoisotopic (exact) mass is 276 g/mol. The summed E-state index contributed by atoms with van der Waals surface area (Å²) < 4.78 is 5.63. The van der Waals surface area contributed by atoms with Crippen LogP contribution in [0.25, 0.3) is 0 Å². The second kappa shape index (κ2) is 7.29. The number of benzene rings is 1. The Labute approximate surface area is 120 Å². The van der Waals surface area contributed by atoms with E-state index in [1.807, 2.05) is 32.0 Å². The molecule has 2 N–H and O–H groups in total. The molecule has 1 fully saturated rings. The molecule has 1 aliphatic heterocycles. The highest BCUT2D eigenvalue weighted by molar-refractivity contribution is 5.99. The first-order chi connectivity index (χ1) is 9.70. The van der Waals surface area contributed by atoms with E-state index >= 15 is 0 Å². The number of carbonyl (C=O) groups excluding carboxylic acids is 1. The number of carbonyl (C=O) groups is 1. The van der Waals surface area contributed by atoms with E-state index in [0.29, 0.717) is 12.1 Å². The molecule has 1 unspecified atom stereocenters. The van der Waals surface area contributed by atoms with Gasteiger partial charge in [-0.25, -0.2) is 0 Å². The lowest BCUT2D eigenvalue weighted by atomic mass is 10.1. The van der Waals surface area contributed by atoms with Crippen LogP contribution in [0.3, 0.4) is 0 Å². The Morgan fingerprint density at radius 1 is 1.40 bits per heavy atom. The number of nitrogens with one attached hydrogen (secondary N) is 2. The summed E-state index contributed by atoms with van der Waals surface area (Å²) in [7, 11) is 0. The summed E-state index contributed by atoms with van der Waals surface area (Å²) in [6, 6.07) is 5.85. The van der Waals surface area contributed by atoms with Gasteiger partial charge in [0.25, 0.3) is 5.91 Å². The zero-order valence-electron chi connectivity index (χ0n) is 12.4. The van der Waals surface area contributed by atoms with E-state index in [9.17, 15) is 4.79 Å². The van der Waals surface area contributed by atoms with Crippen LogP contribution in [0, 0.1) is 6.92 Å². The molecule has 4 heteroatoms. The van der Waals surface area contributed by atoms with E-state index < -0.39 is 0 Å². The van der Waals surface area contributed by atoms with Crippen LogP contribution < -0.4 is 10.6 Å². The Kier molecular flexibility index (Phi) is 5.41. The third-order valence-electron chi connectivity index (χ3n) is 3.55. The van der Waals surface area contributed by atoms with Gasteiger partial charge in [-0.05, 0) is 50.8 Å². The summed E-state index contributed by atoms with van der Waals surface area (Å²) in [5.74, 6) is -0.0323. The number of rotatable bonds is 5. The van der Waals surface area contributed by atoms with Crippen LogP contribution in [0.1, 0.15) is 42.1 Å². The number of hydrogen-bond acceptors (Lipinski definition) is 3. The van der Waals surface area contributed by atoms with Crippen molar-refractivity contribution in [1.82, 2.24) is 5.32 Å². The first-order valence-corrected chi connectivity index (χ1v) is 7.45. The van der Waals surface area contributed by atoms with E-state index in [4.69, 9.17) is 4.74 Å². The van der Waals surface area contributed by atoms with Gasteiger partial charge in [-0.2, -0.15) is 0 Å². The van der Waals surface area contributed by atoms with Crippen molar-refractivity contribution in [2.24, 2.45) is 0 Å². The van der Waals surface area contributed by atoms with Crippen LogP contribution in [0.5, 0.6) is 0 Å². The van der Waals surface area contributed by atoms with Crippen molar-refractivity contribution in [2.45, 2.75) is 39.2 Å². The van der Waals surface area contributed by atoms with Crippen LogP contribution >= 0.6 is 0 Å². The fourth-order valence-corrected chi connectivity index (χ4v) is 2.46. The number of anilines is 1. The van der Waals surface area contributed by atoms with Crippen molar-refractivity contribution in [3.05, 3.63) is 29.3 Å². The second-order valence-electron chi connectivity index (χ2n) is 5.28. The van der Waals surface area contributed by atoms with Gasteiger partial charge in [-0.3, -0.25) is 4.79 Å². The lowest BCUT2D eigenvalue weighted by molar-refractivity contribution is 0.0169. The van der Waals surface area contributed by atoms with Gasteiger partial charge in [0.1, 0.15) is 0 Å². The molecule has 0 saturated carbocycles. The minimum atomic E-state index is -0.0323. The van der Waals surface area contributed by atoms with Crippen molar-refractivity contribution in [1.29, 1.82) is 0 Å². The highest BCUT2D eigenvalue weighted by Gasteiger charge is 2.16. The second-order valence-corrected chi connectivity index (χ2v) is 5.28. The van der Waals surface area contributed by atoms with Crippen LogP contribution in [-0.4, -0.2) is 31.7 Å². The number of aryl methyl sites for hydroxylation is 1. The zero-order chi connectivity index (χ0) is 14.4. The minimum Gasteiger partial charge on any atom is -0.385 e. The van der Waals surface area contributed by atoms with Crippen molar-refractivity contribution in [2.75, 3.05) is 25.0 Å². The van der Waals surface area contributed by atoms with E-state index in [0.717, 1.165) is 37.2 Å². The van der Waals surface area contributed by atoms with Crippen LogP contribution in [0.4, 0.5) is 5.69 Å². The van der Waals surface area contributed by atoms with E-state index in [-0.39, 0.29) is 12.0 Å². The molecule has 1 aromatic carbocycles. The SMILES string of the molecule is CCNc1cc(C)ccc1C(=O)NCC1CCCCO1. The molecule has 1 atom stereocenters. The number of ether oxygens (including phenoxy) is 1. The Morgan fingerprint density at radius 3 is 2.95 bits per heavy atom. The zero-order valence-corrected chi connectivity index (χ0v) is 12.4. The predicted octanol–water partition coefficient (Wildman–Crippen LogP) is 2.73. The van der Waals surface area contributed by atoms with Crippen molar-refractivity contribution >= 4 is 11.6 Å². The van der Waals surface area contributed by atoms with Crippen LogP contribution in [0.2, 0.25) is 0 Å². The lowest BCUT2D eigenvalue weighted by Crippen LogP contribution is -2.35. The lowest BCUT2D eigenvalue weighted by Gasteiger charge is -2.23. The molecule has 4 nitrogen and oxygen atoms in total. The standard InChI is InChI=1S/C16H24N2O2/c1-3-17-15-10-12(2)7-8-14(15)16(19)18-11-13-6-4-5-9-20-13/h7-8,10,13,17H,3-6,9,11H2,1-2H3,(H,18,19). The summed E-state index contributed by atoms with van der Waals surface area (Å²) in [6.45, 7) is 6.26. The maximum atomic E-state index is 12.3. The maximum Gasteiger partial charge on any atom is 0.253 e. The average Bonchev–Trinajstić information content (AvgIpc) is 2.46. The molecule has 1 heterocycles. The van der Waals surface area contributed by atoms with Gasteiger partial charge in [0, 0.05) is 25.4 Å². The number of amides is 1. The predicted molar refractivity (Wildman–Crippen MR) is 81.3 cm³/mol. The molecule has 2 rings (SSSR count). The molecule has 0 bridgehead atoms. The summed E-state index contributed by atoms with van der Waals surface area (Å²) in [5.41, 5.74) is 2.75. The largest absolute Gasteiger partial charge is 0.385 e. The number of hydrogen-bond donors (Lipinski definition) is 2. The van der Waals surface area contributed by atoms with Gasteiger partial charge in [0.15, 0.2) is 0 Å². The van der Waals surface area contributed by atoms with E-state index in [1.165, 1.54) is 6.42 Å². The third kappa shape index (κ3) is 3.97. The molecular weight excluding hydrogens is 252 g/mol. The molecule has 1 saturated heterocycles.